The van der Waals surface area contributed by atoms with Crippen molar-refractivity contribution in [2.24, 2.45) is 0 Å². The fraction of sp³-hybridized carbons (Fsp3) is 0. The van der Waals surface area contributed by atoms with Crippen molar-refractivity contribution in [2.45, 2.75) is 0 Å². The minimum atomic E-state index is -0.569. The molecule has 4 nitrogen and oxygen atoms in total. The van der Waals surface area contributed by atoms with E-state index in [2.05, 4.69) is 0 Å². The number of rotatable bonds is 3. The molecular weight excluding hydrogens is 206 g/mol. The number of nitro benzene ring substituents is 1. The highest BCUT2D eigenvalue weighted by Gasteiger charge is 2.11. The predicted molar refractivity (Wildman–Crippen MR) is 53.2 cm³/mol. The van der Waals surface area contributed by atoms with Crippen molar-refractivity contribution in [2.75, 3.05) is 0 Å². The van der Waals surface area contributed by atoms with Gasteiger partial charge in [-0.25, -0.2) is 0 Å². The fourth-order valence-corrected chi connectivity index (χ4v) is 1.11. The molecule has 0 spiro atoms. The molecule has 14 heavy (non-hydrogen) atoms. The highest BCUT2D eigenvalue weighted by atomic mass is 35.5. The standard InChI is InChI=1S/C9H6ClNO3/c10-8-4-3-7(2-1-5-12)6-9(8)11(13)14/h1-6H/b2-1+. The summed E-state index contributed by atoms with van der Waals surface area (Å²) >= 11 is 5.59. The number of carbonyl (C=O) groups is 1. The second kappa shape index (κ2) is 4.53. The van der Waals surface area contributed by atoms with Gasteiger partial charge in [0.15, 0.2) is 0 Å². The van der Waals surface area contributed by atoms with Gasteiger partial charge in [-0.05, 0) is 17.7 Å². The maximum Gasteiger partial charge on any atom is 0.288 e. The normalized spacial score (nSPS) is 10.4. The van der Waals surface area contributed by atoms with Crippen molar-refractivity contribution in [1.82, 2.24) is 0 Å². The minimum Gasteiger partial charge on any atom is -0.299 e. The number of nitrogens with zero attached hydrogens (tertiary/aromatic N) is 1. The quantitative estimate of drug-likeness (QED) is 0.334. The zero-order valence-corrected chi connectivity index (χ0v) is 7.77. The lowest BCUT2D eigenvalue weighted by atomic mass is 10.2. The first-order valence-corrected chi connectivity index (χ1v) is 4.08. The monoisotopic (exact) mass is 211 g/mol. The Labute approximate surface area is 85.0 Å². The summed E-state index contributed by atoms with van der Waals surface area (Å²) < 4.78 is 0. The maximum absolute atomic E-state index is 10.5. The highest BCUT2D eigenvalue weighted by Crippen LogP contribution is 2.25. The lowest BCUT2D eigenvalue weighted by molar-refractivity contribution is -0.384. The third kappa shape index (κ3) is 2.40. The molecule has 0 aliphatic heterocycles. The number of benzene rings is 1. The third-order valence-electron chi connectivity index (χ3n) is 1.53. The van der Waals surface area contributed by atoms with E-state index in [0.29, 0.717) is 11.8 Å². The highest BCUT2D eigenvalue weighted by molar-refractivity contribution is 6.32. The van der Waals surface area contributed by atoms with Gasteiger partial charge in [-0.1, -0.05) is 23.7 Å². The average Bonchev–Trinajstić information content (AvgIpc) is 2.16. The van der Waals surface area contributed by atoms with E-state index in [9.17, 15) is 14.9 Å². The molecule has 0 heterocycles. The summed E-state index contributed by atoms with van der Waals surface area (Å²) in [6.07, 6.45) is 3.32. The predicted octanol–water partition coefficient (Wildman–Crippen LogP) is 2.46. The molecule has 0 saturated heterocycles. The first-order chi connectivity index (χ1) is 6.65. The van der Waals surface area contributed by atoms with Crippen LogP contribution in [0.5, 0.6) is 0 Å². The summed E-state index contributed by atoms with van der Waals surface area (Å²) in [5.41, 5.74) is 0.396. The van der Waals surface area contributed by atoms with Crippen LogP contribution in [0.1, 0.15) is 5.56 Å². The van der Waals surface area contributed by atoms with E-state index in [-0.39, 0.29) is 10.7 Å². The van der Waals surface area contributed by atoms with Crippen LogP contribution in [0.4, 0.5) is 5.69 Å². The lowest BCUT2D eigenvalue weighted by Gasteiger charge is -1.96. The zero-order chi connectivity index (χ0) is 10.6. The number of halogens is 1. The molecule has 0 unspecified atom stereocenters. The van der Waals surface area contributed by atoms with Crippen LogP contribution in [0.2, 0.25) is 5.02 Å². The van der Waals surface area contributed by atoms with E-state index >= 15 is 0 Å². The van der Waals surface area contributed by atoms with E-state index in [1.165, 1.54) is 24.3 Å². The molecule has 72 valence electrons. The summed E-state index contributed by atoms with van der Waals surface area (Å²) in [6, 6.07) is 4.32. The van der Waals surface area contributed by atoms with Crippen molar-refractivity contribution < 1.29 is 9.72 Å². The van der Waals surface area contributed by atoms with Gasteiger partial charge in [0.05, 0.1) is 4.92 Å². The van der Waals surface area contributed by atoms with Crippen LogP contribution in [0.3, 0.4) is 0 Å². The van der Waals surface area contributed by atoms with E-state index < -0.39 is 4.92 Å². The Morgan fingerprint density at radius 1 is 1.43 bits per heavy atom. The fourth-order valence-electron chi connectivity index (χ4n) is 0.924. The Morgan fingerprint density at radius 3 is 2.71 bits per heavy atom. The number of carbonyl (C=O) groups excluding carboxylic acids is 1. The minimum absolute atomic E-state index is 0.0817. The van der Waals surface area contributed by atoms with Crippen LogP contribution in [-0.2, 0) is 4.79 Å². The Hall–Kier alpha value is -1.68. The summed E-state index contributed by atoms with van der Waals surface area (Å²) in [5, 5.41) is 10.6. The molecule has 1 aromatic rings. The Kier molecular flexibility index (Phi) is 3.36. The average molecular weight is 212 g/mol. The molecule has 0 atom stereocenters. The van der Waals surface area contributed by atoms with Crippen molar-refractivity contribution in [3.05, 3.63) is 45.0 Å². The van der Waals surface area contributed by atoms with Crippen LogP contribution in [0, 0.1) is 10.1 Å². The van der Waals surface area contributed by atoms with Crippen LogP contribution >= 0.6 is 11.6 Å². The largest absolute Gasteiger partial charge is 0.299 e. The van der Waals surface area contributed by atoms with Gasteiger partial charge in [-0.15, -0.1) is 0 Å². The first-order valence-electron chi connectivity index (χ1n) is 3.71. The van der Waals surface area contributed by atoms with Crippen LogP contribution in [-0.4, -0.2) is 11.2 Å². The lowest BCUT2D eigenvalue weighted by Crippen LogP contribution is -1.89. The molecule has 1 rings (SSSR count). The van der Waals surface area contributed by atoms with E-state index in [4.69, 9.17) is 11.6 Å². The Bertz CT molecular complexity index is 401. The maximum atomic E-state index is 10.5. The van der Waals surface area contributed by atoms with Gasteiger partial charge in [0.25, 0.3) is 5.69 Å². The number of aldehydes is 1. The summed E-state index contributed by atoms with van der Waals surface area (Å²) in [7, 11) is 0. The summed E-state index contributed by atoms with van der Waals surface area (Å²) in [6.45, 7) is 0. The molecular formula is C9H6ClNO3. The molecule has 0 N–H and O–H groups in total. The summed E-state index contributed by atoms with van der Waals surface area (Å²) in [4.78, 5) is 19.9. The molecule has 0 aromatic heterocycles. The van der Waals surface area contributed by atoms with Gasteiger partial charge in [-0.3, -0.25) is 14.9 Å². The number of hydrogen-bond acceptors (Lipinski definition) is 3. The van der Waals surface area contributed by atoms with Crippen molar-refractivity contribution in [1.29, 1.82) is 0 Å². The molecule has 0 aliphatic rings. The van der Waals surface area contributed by atoms with Gasteiger partial charge in [0, 0.05) is 6.07 Å². The van der Waals surface area contributed by atoms with Crippen LogP contribution in [0.15, 0.2) is 24.3 Å². The molecule has 0 saturated carbocycles. The molecule has 0 radical (unpaired) electrons. The SMILES string of the molecule is O=C/C=C/c1ccc(Cl)c([N+](=O)[O-])c1. The number of hydrogen-bond donors (Lipinski definition) is 0. The van der Waals surface area contributed by atoms with Crippen molar-refractivity contribution >= 4 is 29.7 Å². The third-order valence-corrected chi connectivity index (χ3v) is 1.85. The zero-order valence-electron chi connectivity index (χ0n) is 7.01. The van der Waals surface area contributed by atoms with Gasteiger partial charge >= 0.3 is 0 Å². The van der Waals surface area contributed by atoms with E-state index in [0.717, 1.165) is 0 Å². The Morgan fingerprint density at radius 2 is 2.14 bits per heavy atom. The van der Waals surface area contributed by atoms with Gasteiger partial charge in [-0.2, -0.15) is 0 Å². The summed E-state index contributed by atoms with van der Waals surface area (Å²) in [5.74, 6) is 0. The molecule has 0 fully saturated rings. The second-order valence-corrected chi connectivity index (χ2v) is 2.87. The van der Waals surface area contributed by atoms with Crippen molar-refractivity contribution in [3.8, 4) is 0 Å². The van der Waals surface area contributed by atoms with Gasteiger partial charge in [0.1, 0.15) is 11.3 Å². The molecule has 0 bridgehead atoms. The van der Waals surface area contributed by atoms with Crippen LogP contribution < -0.4 is 0 Å². The van der Waals surface area contributed by atoms with Crippen molar-refractivity contribution in [3.63, 3.8) is 0 Å². The first kappa shape index (κ1) is 10.4. The van der Waals surface area contributed by atoms with E-state index in [1.54, 1.807) is 6.07 Å². The number of nitro groups is 1. The second-order valence-electron chi connectivity index (χ2n) is 2.46. The smallest absolute Gasteiger partial charge is 0.288 e. The topological polar surface area (TPSA) is 60.2 Å². The Balaban J connectivity index is 3.12. The molecule has 5 heteroatoms. The van der Waals surface area contributed by atoms with Gasteiger partial charge < -0.3 is 0 Å². The van der Waals surface area contributed by atoms with Gasteiger partial charge in [0.2, 0.25) is 0 Å². The van der Waals surface area contributed by atoms with Crippen LogP contribution in [0.25, 0.3) is 6.08 Å². The van der Waals surface area contributed by atoms with E-state index in [1.807, 2.05) is 0 Å². The molecule has 0 aliphatic carbocycles. The molecule has 1 aromatic carbocycles. The number of allylic oxidation sites excluding steroid dienone is 1. The molecule has 0 amide bonds.